The zero-order valence-electron chi connectivity index (χ0n) is 10.3. The first-order chi connectivity index (χ1) is 9.08. The Morgan fingerprint density at radius 2 is 1.95 bits per heavy atom. The molecule has 2 aromatic rings. The Labute approximate surface area is 125 Å². The van der Waals surface area contributed by atoms with Gasteiger partial charge in [-0.3, -0.25) is 10.1 Å². The van der Waals surface area contributed by atoms with E-state index in [1.807, 2.05) is 37.3 Å². The molecule has 0 saturated carbocycles. The van der Waals surface area contributed by atoms with Crippen molar-refractivity contribution < 1.29 is 4.92 Å². The van der Waals surface area contributed by atoms with Gasteiger partial charge in [0.15, 0.2) is 0 Å². The van der Waals surface area contributed by atoms with Crippen molar-refractivity contribution in [3.8, 4) is 0 Å². The molecule has 0 spiro atoms. The first-order valence-corrected chi connectivity index (χ1v) is 6.91. The first kappa shape index (κ1) is 13.8. The monoisotopic (exact) mass is 368 g/mol. The quantitative estimate of drug-likeness (QED) is 0.495. The van der Waals surface area contributed by atoms with Crippen LogP contribution in [0.4, 0.5) is 11.4 Å². The maximum atomic E-state index is 11.0. The summed E-state index contributed by atoms with van der Waals surface area (Å²) >= 11 is 2.24. The highest BCUT2D eigenvalue weighted by molar-refractivity contribution is 14.1. The molecule has 1 atom stereocenters. The van der Waals surface area contributed by atoms with E-state index in [0.717, 1.165) is 9.26 Å². The fraction of sp³-hybridized carbons (Fsp3) is 0.143. The summed E-state index contributed by atoms with van der Waals surface area (Å²) < 4.78 is 1.12. The van der Waals surface area contributed by atoms with Gasteiger partial charge in [0.25, 0.3) is 5.69 Å². The maximum Gasteiger partial charge on any atom is 0.274 e. The van der Waals surface area contributed by atoms with Crippen LogP contribution in [0.1, 0.15) is 18.5 Å². The molecule has 1 N–H and O–H groups in total. The minimum absolute atomic E-state index is 0.125. The van der Waals surface area contributed by atoms with Gasteiger partial charge in [0.05, 0.1) is 16.5 Å². The second kappa shape index (κ2) is 6.01. The van der Waals surface area contributed by atoms with E-state index in [1.165, 1.54) is 6.07 Å². The SMILES string of the molecule is CC(Nc1cccc(I)c1)c1ccccc1[N+](=O)[O-]. The van der Waals surface area contributed by atoms with E-state index in [4.69, 9.17) is 0 Å². The number of rotatable bonds is 4. The van der Waals surface area contributed by atoms with Crippen LogP contribution >= 0.6 is 22.6 Å². The zero-order valence-corrected chi connectivity index (χ0v) is 12.5. The molecule has 0 radical (unpaired) electrons. The molecule has 0 fully saturated rings. The van der Waals surface area contributed by atoms with E-state index in [0.29, 0.717) is 5.56 Å². The average molecular weight is 368 g/mol. The number of nitrogens with one attached hydrogen (secondary N) is 1. The predicted molar refractivity (Wildman–Crippen MR) is 84.3 cm³/mol. The lowest BCUT2D eigenvalue weighted by Crippen LogP contribution is -2.09. The molecule has 0 aliphatic carbocycles. The van der Waals surface area contributed by atoms with Gasteiger partial charge in [-0.2, -0.15) is 0 Å². The fourth-order valence-corrected chi connectivity index (χ4v) is 2.47. The molecule has 2 rings (SSSR count). The van der Waals surface area contributed by atoms with Gasteiger partial charge in [-0.05, 0) is 47.7 Å². The van der Waals surface area contributed by atoms with Crippen molar-refractivity contribution in [1.82, 2.24) is 0 Å². The number of nitro groups is 1. The second-order valence-corrected chi connectivity index (χ2v) is 5.44. The lowest BCUT2D eigenvalue weighted by molar-refractivity contribution is -0.385. The third-order valence-electron chi connectivity index (χ3n) is 2.81. The van der Waals surface area contributed by atoms with Gasteiger partial charge >= 0.3 is 0 Å². The van der Waals surface area contributed by atoms with Crippen LogP contribution in [-0.2, 0) is 0 Å². The summed E-state index contributed by atoms with van der Waals surface area (Å²) in [6.07, 6.45) is 0. The Kier molecular flexibility index (Phi) is 4.36. The molecule has 1 unspecified atom stereocenters. The van der Waals surface area contributed by atoms with Crippen molar-refractivity contribution in [2.75, 3.05) is 5.32 Å². The third kappa shape index (κ3) is 3.44. The standard InChI is InChI=1S/C14H13IN2O2/c1-10(16-12-6-4-5-11(15)9-12)13-7-2-3-8-14(13)17(18)19/h2-10,16H,1H3. The lowest BCUT2D eigenvalue weighted by Gasteiger charge is -2.15. The number of halogens is 1. The van der Waals surface area contributed by atoms with Crippen molar-refractivity contribution >= 4 is 34.0 Å². The molecule has 5 heteroatoms. The van der Waals surface area contributed by atoms with Crippen LogP contribution in [0.2, 0.25) is 0 Å². The van der Waals surface area contributed by atoms with Gasteiger partial charge in [0.1, 0.15) is 0 Å². The van der Waals surface area contributed by atoms with Gasteiger partial charge in [-0.1, -0.05) is 24.3 Å². The molecule has 0 aliphatic heterocycles. The maximum absolute atomic E-state index is 11.0. The summed E-state index contributed by atoms with van der Waals surface area (Å²) in [6.45, 7) is 1.92. The van der Waals surface area contributed by atoms with Gasteiger partial charge in [0, 0.05) is 15.3 Å². The number of hydrogen-bond donors (Lipinski definition) is 1. The summed E-state index contributed by atoms with van der Waals surface area (Å²) in [5.41, 5.74) is 1.79. The predicted octanol–water partition coefficient (Wildman–Crippen LogP) is 4.37. The van der Waals surface area contributed by atoms with E-state index < -0.39 is 0 Å². The summed E-state index contributed by atoms with van der Waals surface area (Å²) in [5, 5.41) is 14.3. The van der Waals surface area contributed by atoms with Crippen molar-refractivity contribution in [3.05, 3.63) is 67.8 Å². The molecule has 0 bridgehead atoms. The molecule has 0 saturated heterocycles. The molecule has 0 aromatic heterocycles. The Morgan fingerprint density at radius 1 is 1.21 bits per heavy atom. The van der Waals surface area contributed by atoms with Crippen LogP contribution in [0.15, 0.2) is 48.5 Å². The minimum Gasteiger partial charge on any atom is -0.378 e. The van der Waals surface area contributed by atoms with Crippen LogP contribution in [0.25, 0.3) is 0 Å². The van der Waals surface area contributed by atoms with Crippen molar-refractivity contribution in [1.29, 1.82) is 0 Å². The minimum atomic E-state index is -0.345. The Balaban J connectivity index is 2.25. The van der Waals surface area contributed by atoms with Gasteiger partial charge < -0.3 is 5.32 Å². The summed E-state index contributed by atoms with van der Waals surface area (Å²) in [5.74, 6) is 0. The van der Waals surface area contributed by atoms with E-state index >= 15 is 0 Å². The molecular weight excluding hydrogens is 355 g/mol. The number of para-hydroxylation sites is 1. The number of nitrogens with zero attached hydrogens (tertiary/aromatic N) is 1. The van der Waals surface area contributed by atoms with Crippen molar-refractivity contribution in [2.45, 2.75) is 13.0 Å². The second-order valence-electron chi connectivity index (χ2n) is 4.19. The fourth-order valence-electron chi connectivity index (χ4n) is 1.93. The number of anilines is 1. The molecule has 4 nitrogen and oxygen atoms in total. The molecule has 0 heterocycles. The Hall–Kier alpha value is -1.63. The Morgan fingerprint density at radius 3 is 2.63 bits per heavy atom. The largest absolute Gasteiger partial charge is 0.378 e. The molecular formula is C14H13IN2O2. The van der Waals surface area contributed by atoms with Crippen molar-refractivity contribution in [2.24, 2.45) is 0 Å². The smallest absolute Gasteiger partial charge is 0.274 e. The Bertz CT molecular complexity index is 602. The summed E-state index contributed by atoms with van der Waals surface area (Å²) in [6, 6.07) is 14.6. The molecule has 19 heavy (non-hydrogen) atoms. The van der Waals surface area contributed by atoms with Crippen LogP contribution < -0.4 is 5.32 Å². The first-order valence-electron chi connectivity index (χ1n) is 5.83. The van der Waals surface area contributed by atoms with Gasteiger partial charge in [-0.25, -0.2) is 0 Å². The summed E-state index contributed by atoms with van der Waals surface area (Å²) in [4.78, 5) is 10.7. The van der Waals surface area contributed by atoms with E-state index in [2.05, 4.69) is 27.9 Å². The normalized spacial score (nSPS) is 11.9. The van der Waals surface area contributed by atoms with Crippen LogP contribution in [0.3, 0.4) is 0 Å². The number of benzene rings is 2. The molecule has 2 aromatic carbocycles. The van der Waals surface area contributed by atoms with Crippen LogP contribution in [0, 0.1) is 13.7 Å². The van der Waals surface area contributed by atoms with Crippen LogP contribution in [0.5, 0.6) is 0 Å². The van der Waals surface area contributed by atoms with E-state index in [-0.39, 0.29) is 16.7 Å². The third-order valence-corrected chi connectivity index (χ3v) is 3.48. The molecule has 98 valence electrons. The summed E-state index contributed by atoms with van der Waals surface area (Å²) in [7, 11) is 0. The zero-order chi connectivity index (χ0) is 13.8. The highest BCUT2D eigenvalue weighted by Crippen LogP contribution is 2.27. The topological polar surface area (TPSA) is 55.2 Å². The van der Waals surface area contributed by atoms with Crippen LogP contribution in [-0.4, -0.2) is 4.92 Å². The van der Waals surface area contributed by atoms with Gasteiger partial charge in [0.2, 0.25) is 0 Å². The molecule has 0 aliphatic rings. The van der Waals surface area contributed by atoms with Crippen molar-refractivity contribution in [3.63, 3.8) is 0 Å². The number of hydrogen-bond acceptors (Lipinski definition) is 3. The lowest BCUT2D eigenvalue weighted by atomic mass is 10.1. The highest BCUT2D eigenvalue weighted by Gasteiger charge is 2.17. The van der Waals surface area contributed by atoms with Gasteiger partial charge in [-0.15, -0.1) is 0 Å². The van der Waals surface area contributed by atoms with E-state index in [1.54, 1.807) is 12.1 Å². The van der Waals surface area contributed by atoms with E-state index in [9.17, 15) is 10.1 Å². The number of nitro benzene ring substituents is 1. The average Bonchev–Trinajstić information content (AvgIpc) is 2.38. The highest BCUT2D eigenvalue weighted by atomic mass is 127. The molecule has 0 amide bonds.